The van der Waals surface area contributed by atoms with Crippen molar-refractivity contribution in [3.8, 4) is 0 Å². The predicted molar refractivity (Wildman–Crippen MR) is 105 cm³/mol. The summed E-state index contributed by atoms with van der Waals surface area (Å²) in [7, 11) is 3.86. The van der Waals surface area contributed by atoms with E-state index in [4.69, 9.17) is 0 Å². The normalized spacial score (nSPS) is 20.6. The SMILES string of the molecule is CCN1CCCC(CNC(=NC)NC(C)Cc2c(C)nn(C)c2C)C1. The maximum absolute atomic E-state index is 4.51. The molecule has 1 aromatic heterocycles. The molecule has 0 spiro atoms. The van der Waals surface area contributed by atoms with Gasteiger partial charge in [-0.25, -0.2) is 0 Å². The van der Waals surface area contributed by atoms with Crippen molar-refractivity contribution in [1.29, 1.82) is 0 Å². The topological polar surface area (TPSA) is 57.5 Å². The maximum Gasteiger partial charge on any atom is 0.191 e. The van der Waals surface area contributed by atoms with Gasteiger partial charge in [-0.1, -0.05) is 6.92 Å². The lowest BCUT2D eigenvalue weighted by Crippen LogP contribution is -2.47. The van der Waals surface area contributed by atoms with Crippen LogP contribution >= 0.6 is 0 Å². The van der Waals surface area contributed by atoms with Gasteiger partial charge in [0.1, 0.15) is 0 Å². The molecule has 0 amide bonds. The van der Waals surface area contributed by atoms with Crippen molar-refractivity contribution in [3.63, 3.8) is 0 Å². The van der Waals surface area contributed by atoms with Gasteiger partial charge in [-0.05, 0) is 64.6 Å². The van der Waals surface area contributed by atoms with Gasteiger partial charge in [-0.15, -0.1) is 0 Å². The first kappa shape index (κ1) is 19.8. The summed E-state index contributed by atoms with van der Waals surface area (Å²) in [5, 5.41) is 11.6. The molecule has 2 N–H and O–H groups in total. The molecule has 0 saturated carbocycles. The lowest BCUT2D eigenvalue weighted by molar-refractivity contribution is 0.183. The number of likely N-dealkylation sites (tertiary alicyclic amines) is 1. The predicted octanol–water partition coefficient (Wildman–Crippen LogP) is 1.86. The number of hydrogen-bond donors (Lipinski definition) is 2. The number of piperidine rings is 1. The monoisotopic (exact) mass is 348 g/mol. The molecule has 1 saturated heterocycles. The Morgan fingerprint density at radius 2 is 2.16 bits per heavy atom. The molecule has 2 unspecified atom stereocenters. The van der Waals surface area contributed by atoms with Gasteiger partial charge in [0, 0.05) is 38.9 Å². The van der Waals surface area contributed by atoms with E-state index < -0.39 is 0 Å². The van der Waals surface area contributed by atoms with Crippen molar-refractivity contribution >= 4 is 5.96 Å². The fraction of sp³-hybridized carbons (Fsp3) is 0.789. The van der Waals surface area contributed by atoms with Crippen LogP contribution in [0.2, 0.25) is 0 Å². The molecule has 6 nitrogen and oxygen atoms in total. The summed E-state index contributed by atoms with van der Waals surface area (Å²) in [5.74, 6) is 1.62. The number of aryl methyl sites for hydroxylation is 2. The molecule has 0 aliphatic carbocycles. The number of rotatable bonds is 6. The van der Waals surface area contributed by atoms with Gasteiger partial charge in [0.2, 0.25) is 0 Å². The first-order valence-corrected chi connectivity index (χ1v) is 9.63. The molecule has 1 aliphatic heterocycles. The van der Waals surface area contributed by atoms with E-state index in [1.165, 1.54) is 37.2 Å². The highest BCUT2D eigenvalue weighted by atomic mass is 15.3. The number of nitrogens with zero attached hydrogens (tertiary/aromatic N) is 4. The van der Waals surface area contributed by atoms with Gasteiger partial charge in [0.05, 0.1) is 5.69 Å². The maximum atomic E-state index is 4.51. The Hall–Kier alpha value is -1.56. The zero-order valence-electron chi connectivity index (χ0n) is 16.9. The van der Waals surface area contributed by atoms with Crippen LogP contribution in [0.5, 0.6) is 0 Å². The van der Waals surface area contributed by atoms with E-state index in [2.05, 4.69) is 53.3 Å². The van der Waals surface area contributed by atoms with Crippen molar-refractivity contribution in [2.75, 3.05) is 33.2 Å². The third-order valence-electron chi connectivity index (χ3n) is 5.38. The van der Waals surface area contributed by atoms with Gasteiger partial charge in [-0.2, -0.15) is 5.10 Å². The van der Waals surface area contributed by atoms with Crippen LogP contribution in [0.1, 0.15) is 43.6 Å². The quantitative estimate of drug-likeness (QED) is 0.609. The molecule has 25 heavy (non-hydrogen) atoms. The second kappa shape index (κ2) is 9.22. The summed E-state index contributed by atoms with van der Waals surface area (Å²) in [5.41, 5.74) is 3.71. The summed E-state index contributed by atoms with van der Waals surface area (Å²) in [6, 6.07) is 0.311. The van der Waals surface area contributed by atoms with E-state index in [1.807, 2.05) is 18.8 Å². The standard InChI is InChI=1S/C19H36N6/c1-7-25-10-8-9-17(13-25)12-21-19(20-5)22-14(2)11-18-15(3)23-24(6)16(18)4/h14,17H,7-13H2,1-6H3,(H2,20,21,22). The third kappa shape index (κ3) is 5.46. The van der Waals surface area contributed by atoms with Crippen LogP contribution in [0.25, 0.3) is 0 Å². The van der Waals surface area contributed by atoms with Crippen molar-refractivity contribution in [3.05, 3.63) is 17.0 Å². The van der Waals surface area contributed by atoms with E-state index >= 15 is 0 Å². The second-order valence-electron chi connectivity index (χ2n) is 7.38. The minimum atomic E-state index is 0.311. The molecule has 1 aromatic rings. The Morgan fingerprint density at radius 3 is 2.76 bits per heavy atom. The Kier molecular flexibility index (Phi) is 7.29. The van der Waals surface area contributed by atoms with Crippen LogP contribution in [-0.4, -0.2) is 59.9 Å². The van der Waals surface area contributed by atoms with Crippen molar-refractivity contribution in [2.24, 2.45) is 18.0 Å². The van der Waals surface area contributed by atoms with Gasteiger partial charge in [0.15, 0.2) is 5.96 Å². The van der Waals surface area contributed by atoms with Crippen LogP contribution in [0.3, 0.4) is 0 Å². The van der Waals surface area contributed by atoms with E-state index in [-0.39, 0.29) is 0 Å². The number of aromatic nitrogens is 2. The number of nitrogens with one attached hydrogen (secondary N) is 2. The zero-order valence-corrected chi connectivity index (χ0v) is 16.9. The Labute approximate surface area is 153 Å². The summed E-state index contributed by atoms with van der Waals surface area (Å²) in [6.07, 6.45) is 3.57. The van der Waals surface area contributed by atoms with Crippen molar-refractivity contribution < 1.29 is 0 Å². The highest BCUT2D eigenvalue weighted by molar-refractivity contribution is 5.79. The van der Waals surface area contributed by atoms with Gasteiger partial charge < -0.3 is 15.5 Å². The van der Waals surface area contributed by atoms with Gasteiger partial charge in [-0.3, -0.25) is 9.67 Å². The molecule has 0 bridgehead atoms. The molecule has 0 radical (unpaired) electrons. The van der Waals surface area contributed by atoms with Crippen molar-refractivity contribution in [1.82, 2.24) is 25.3 Å². The van der Waals surface area contributed by atoms with E-state index in [0.717, 1.165) is 31.2 Å². The minimum absolute atomic E-state index is 0.311. The van der Waals surface area contributed by atoms with E-state index in [1.54, 1.807) is 0 Å². The zero-order chi connectivity index (χ0) is 18.4. The van der Waals surface area contributed by atoms with Crippen molar-refractivity contribution in [2.45, 2.75) is 53.0 Å². The Morgan fingerprint density at radius 1 is 1.40 bits per heavy atom. The van der Waals surface area contributed by atoms with Crippen LogP contribution in [0.4, 0.5) is 0 Å². The van der Waals surface area contributed by atoms with Crippen LogP contribution in [-0.2, 0) is 13.5 Å². The third-order valence-corrected chi connectivity index (χ3v) is 5.38. The van der Waals surface area contributed by atoms with Crippen LogP contribution < -0.4 is 10.6 Å². The van der Waals surface area contributed by atoms with Crippen LogP contribution in [0, 0.1) is 19.8 Å². The van der Waals surface area contributed by atoms with Crippen LogP contribution in [0.15, 0.2) is 4.99 Å². The van der Waals surface area contributed by atoms with Gasteiger partial charge >= 0.3 is 0 Å². The second-order valence-corrected chi connectivity index (χ2v) is 7.38. The molecule has 1 fully saturated rings. The van der Waals surface area contributed by atoms with Gasteiger partial charge in [0.25, 0.3) is 0 Å². The van der Waals surface area contributed by atoms with E-state index in [9.17, 15) is 0 Å². The minimum Gasteiger partial charge on any atom is -0.356 e. The molecular weight excluding hydrogens is 312 g/mol. The molecule has 2 atom stereocenters. The lowest BCUT2D eigenvalue weighted by Gasteiger charge is -2.32. The molecule has 142 valence electrons. The van der Waals surface area contributed by atoms with E-state index in [0.29, 0.717) is 12.0 Å². The first-order chi connectivity index (χ1) is 11.9. The average Bonchev–Trinajstić information content (AvgIpc) is 2.84. The smallest absolute Gasteiger partial charge is 0.191 e. The average molecular weight is 349 g/mol. The Bertz CT molecular complexity index is 577. The Balaban J connectivity index is 1.83. The largest absolute Gasteiger partial charge is 0.356 e. The molecule has 2 heterocycles. The summed E-state index contributed by atoms with van der Waals surface area (Å²) >= 11 is 0. The lowest BCUT2D eigenvalue weighted by atomic mass is 9.98. The highest BCUT2D eigenvalue weighted by Crippen LogP contribution is 2.16. The molecular formula is C19H36N6. The molecule has 1 aliphatic rings. The number of hydrogen-bond acceptors (Lipinski definition) is 3. The fourth-order valence-electron chi connectivity index (χ4n) is 3.74. The fourth-order valence-corrected chi connectivity index (χ4v) is 3.74. The molecule has 6 heteroatoms. The first-order valence-electron chi connectivity index (χ1n) is 9.63. The molecule has 0 aromatic carbocycles. The number of guanidine groups is 1. The highest BCUT2D eigenvalue weighted by Gasteiger charge is 2.19. The summed E-state index contributed by atoms with van der Waals surface area (Å²) in [4.78, 5) is 6.95. The number of aliphatic imine (C=N–C) groups is 1. The summed E-state index contributed by atoms with van der Waals surface area (Å²) in [6.45, 7) is 13.3. The summed E-state index contributed by atoms with van der Waals surface area (Å²) < 4.78 is 1.97. The molecule has 2 rings (SSSR count).